The van der Waals surface area contributed by atoms with Crippen LogP contribution in [0.5, 0.6) is 0 Å². The minimum absolute atomic E-state index is 0.100. The summed E-state index contributed by atoms with van der Waals surface area (Å²) in [5, 5.41) is 3.08. The molecule has 0 aromatic heterocycles. The molecule has 1 saturated heterocycles. The maximum absolute atomic E-state index is 11.2. The number of likely N-dealkylation sites (tertiary alicyclic amines) is 1. The lowest BCUT2D eigenvalue weighted by atomic mass is 9.77. The van der Waals surface area contributed by atoms with Crippen LogP contribution in [0.25, 0.3) is 0 Å². The van der Waals surface area contributed by atoms with Gasteiger partial charge in [-0.05, 0) is 63.7 Å². The quantitative estimate of drug-likeness (QED) is 0.708. The Kier molecular flexibility index (Phi) is 8.45. The summed E-state index contributed by atoms with van der Waals surface area (Å²) in [5.74, 6) is 2.10. The van der Waals surface area contributed by atoms with Gasteiger partial charge in [0.2, 0.25) is 5.91 Å². The molecule has 4 nitrogen and oxygen atoms in total. The van der Waals surface area contributed by atoms with E-state index in [-0.39, 0.29) is 5.91 Å². The van der Waals surface area contributed by atoms with Crippen LogP contribution in [0.1, 0.15) is 90.9 Å². The molecule has 0 aromatic rings. The number of nitrogens with zero attached hydrogens (tertiary/aromatic N) is 1. The fourth-order valence-electron chi connectivity index (χ4n) is 5.74. The highest BCUT2D eigenvalue weighted by atomic mass is 16.5. The predicted molar refractivity (Wildman–Crippen MR) is 111 cm³/mol. The molecule has 0 radical (unpaired) electrons. The van der Waals surface area contributed by atoms with E-state index in [4.69, 9.17) is 4.74 Å². The van der Waals surface area contributed by atoms with Crippen LogP contribution in [-0.2, 0) is 9.53 Å². The number of hydrogen-bond donors (Lipinski definition) is 1. The van der Waals surface area contributed by atoms with Gasteiger partial charge in [0.1, 0.15) is 0 Å². The second kappa shape index (κ2) is 10.8. The van der Waals surface area contributed by atoms with Crippen molar-refractivity contribution in [3.63, 3.8) is 0 Å². The van der Waals surface area contributed by atoms with Gasteiger partial charge in [-0.15, -0.1) is 0 Å². The SMILES string of the molecule is CC(=O)N[C@@H]1CCN(CCOC2CCC(CC3CCCCC3)CC2)[C@@H](C)C1. The van der Waals surface area contributed by atoms with E-state index in [0.717, 1.165) is 44.4 Å². The van der Waals surface area contributed by atoms with Crippen LogP contribution in [-0.4, -0.2) is 48.7 Å². The minimum Gasteiger partial charge on any atom is -0.377 e. The van der Waals surface area contributed by atoms with Gasteiger partial charge in [-0.3, -0.25) is 9.69 Å². The van der Waals surface area contributed by atoms with Gasteiger partial charge in [0, 0.05) is 32.1 Å². The molecule has 3 rings (SSSR count). The van der Waals surface area contributed by atoms with E-state index in [9.17, 15) is 4.79 Å². The van der Waals surface area contributed by atoms with Crippen LogP contribution in [0.4, 0.5) is 0 Å². The van der Waals surface area contributed by atoms with Crippen molar-refractivity contribution in [3.8, 4) is 0 Å². The lowest BCUT2D eigenvalue weighted by Gasteiger charge is -2.38. The number of piperidine rings is 1. The molecule has 2 atom stereocenters. The number of ether oxygens (including phenoxy) is 1. The molecule has 2 saturated carbocycles. The van der Waals surface area contributed by atoms with E-state index >= 15 is 0 Å². The average molecular weight is 379 g/mol. The minimum atomic E-state index is 0.100. The van der Waals surface area contributed by atoms with Crippen molar-refractivity contribution in [3.05, 3.63) is 0 Å². The van der Waals surface area contributed by atoms with E-state index in [1.54, 1.807) is 6.92 Å². The van der Waals surface area contributed by atoms with E-state index in [0.29, 0.717) is 18.2 Å². The van der Waals surface area contributed by atoms with Crippen LogP contribution in [0.3, 0.4) is 0 Å². The van der Waals surface area contributed by atoms with E-state index in [1.165, 1.54) is 64.2 Å². The van der Waals surface area contributed by atoms with Gasteiger partial charge >= 0.3 is 0 Å². The lowest BCUT2D eigenvalue weighted by Crippen LogP contribution is -2.49. The Morgan fingerprint density at radius 1 is 1.00 bits per heavy atom. The zero-order valence-electron chi connectivity index (χ0n) is 17.8. The van der Waals surface area contributed by atoms with Crippen molar-refractivity contribution in [1.29, 1.82) is 0 Å². The van der Waals surface area contributed by atoms with Crippen LogP contribution in [0.2, 0.25) is 0 Å². The lowest BCUT2D eigenvalue weighted by molar-refractivity contribution is -0.120. The molecule has 3 aliphatic rings. The van der Waals surface area contributed by atoms with Gasteiger partial charge in [0.05, 0.1) is 12.7 Å². The molecule has 1 heterocycles. The summed E-state index contributed by atoms with van der Waals surface area (Å²) in [6, 6.07) is 0.888. The van der Waals surface area contributed by atoms with Crippen molar-refractivity contribution in [1.82, 2.24) is 10.2 Å². The van der Waals surface area contributed by atoms with Crippen molar-refractivity contribution in [2.75, 3.05) is 19.7 Å². The van der Waals surface area contributed by atoms with Gasteiger partial charge in [-0.1, -0.05) is 32.1 Å². The molecule has 3 fully saturated rings. The fraction of sp³-hybridized carbons (Fsp3) is 0.957. The molecular weight excluding hydrogens is 336 g/mol. The standard InChI is InChI=1S/C23H42N2O2/c1-18-16-22(24-19(2)26)12-13-25(18)14-15-27-23-10-8-21(9-11-23)17-20-6-4-3-5-7-20/h18,20-23H,3-17H2,1-2H3,(H,24,26)/t18-,21?,22+,23?/m0/s1. The summed E-state index contributed by atoms with van der Waals surface area (Å²) in [7, 11) is 0. The van der Waals surface area contributed by atoms with E-state index in [1.807, 2.05) is 0 Å². The summed E-state index contributed by atoms with van der Waals surface area (Å²) >= 11 is 0. The first-order valence-electron chi connectivity index (χ1n) is 11.7. The Bertz CT molecular complexity index is 442. The third-order valence-corrected chi connectivity index (χ3v) is 7.34. The molecule has 4 heteroatoms. The smallest absolute Gasteiger partial charge is 0.217 e. The highest BCUT2D eigenvalue weighted by molar-refractivity contribution is 5.73. The third-order valence-electron chi connectivity index (χ3n) is 7.34. The van der Waals surface area contributed by atoms with Crippen LogP contribution < -0.4 is 5.32 Å². The molecule has 2 aliphatic carbocycles. The molecule has 1 N–H and O–H groups in total. The molecule has 0 unspecified atom stereocenters. The number of amides is 1. The second-order valence-corrected chi connectivity index (χ2v) is 9.56. The van der Waals surface area contributed by atoms with E-state index < -0.39 is 0 Å². The number of carbonyl (C=O) groups is 1. The summed E-state index contributed by atoms with van der Waals surface area (Å²) < 4.78 is 6.25. The number of hydrogen-bond acceptors (Lipinski definition) is 3. The van der Waals surface area contributed by atoms with Gasteiger partial charge in [-0.25, -0.2) is 0 Å². The van der Waals surface area contributed by atoms with Crippen molar-refractivity contribution in [2.45, 2.75) is 109 Å². The fourth-order valence-corrected chi connectivity index (χ4v) is 5.74. The Labute approximate surface area is 166 Å². The molecular formula is C23H42N2O2. The van der Waals surface area contributed by atoms with Crippen molar-refractivity contribution in [2.24, 2.45) is 11.8 Å². The summed E-state index contributed by atoms with van der Waals surface area (Å²) in [6.45, 7) is 6.88. The van der Waals surface area contributed by atoms with Crippen molar-refractivity contribution >= 4 is 5.91 Å². The monoisotopic (exact) mass is 378 g/mol. The zero-order valence-corrected chi connectivity index (χ0v) is 17.8. The Hall–Kier alpha value is -0.610. The highest BCUT2D eigenvalue weighted by Crippen LogP contribution is 2.35. The Balaban J connectivity index is 1.26. The van der Waals surface area contributed by atoms with Crippen LogP contribution >= 0.6 is 0 Å². The van der Waals surface area contributed by atoms with Gasteiger partial charge in [0.25, 0.3) is 0 Å². The molecule has 1 amide bonds. The maximum Gasteiger partial charge on any atom is 0.217 e. The van der Waals surface area contributed by atoms with Crippen molar-refractivity contribution < 1.29 is 9.53 Å². The first kappa shape index (κ1) is 21.1. The maximum atomic E-state index is 11.2. The second-order valence-electron chi connectivity index (χ2n) is 9.56. The van der Waals surface area contributed by atoms with E-state index in [2.05, 4.69) is 17.1 Å². The summed E-state index contributed by atoms with van der Waals surface area (Å²) in [4.78, 5) is 13.8. The third kappa shape index (κ3) is 7.05. The van der Waals surface area contributed by atoms with Gasteiger partial charge < -0.3 is 10.1 Å². The number of nitrogens with one attached hydrogen (secondary N) is 1. The largest absolute Gasteiger partial charge is 0.377 e. The Morgan fingerprint density at radius 3 is 2.37 bits per heavy atom. The van der Waals surface area contributed by atoms with Gasteiger partial charge in [0.15, 0.2) is 0 Å². The molecule has 0 aromatic carbocycles. The number of carbonyl (C=O) groups excluding carboxylic acids is 1. The normalized spacial score (nSPS) is 33.7. The van der Waals surface area contributed by atoms with Gasteiger partial charge in [-0.2, -0.15) is 0 Å². The Morgan fingerprint density at radius 2 is 1.70 bits per heavy atom. The first-order valence-corrected chi connectivity index (χ1v) is 11.7. The van der Waals surface area contributed by atoms with Crippen LogP contribution in [0.15, 0.2) is 0 Å². The predicted octanol–water partition coefficient (Wildman–Crippen LogP) is 4.52. The average Bonchev–Trinajstić information content (AvgIpc) is 2.65. The number of rotatable bonds is 7. The molecule has 156 valence electrons. The molecule has 27 heavy (non-hydrogen) atoms. The van der Waals surface area contributed by atoms with Crippen LogP contribution in [0, 0.1) is 11.8 Å². The molecule has 0 spiro atoms. The zero-order chi connectivity index (χ0) is 19.1. The summed E-state index contributed by atoms with van der Waals surface area (Å²) in [5.41, 5.74) is 0. The highest BCUT2D eigenvalue weighted by Gasteiger charge is 2.27. The topological polar surface area (TPSA) is 41.6 Å². The molecule has 1 aliphatic heterocycles. The first-order chi connectivity index (χ1) is 13.1. The molecule has 0 bridgehead atoms. The summed E-state index contributed by atoms with van der Waals surface area (Å²) in [6.07, 6.45) is 16.9.